The van der Waals surface area contributed by atoms with E-state index in [1.807, 2.05) is 12.1 Å². The van der Waals surface area contributed by atoms with Crippen molar-refractivity contribution in [2.45, 2.75) is 32.6 Å². The number of benzene rings is 2. The van der Waals surface area contributed by atoms with Crippen molar-refractivity contribution in [1.82, 2.24) is 5.32 Å². The van der Waals surface area contributed by atoms with Crippen LogP contribution in [0.25, 0.3) is 0 Å². The van der Waals surface area contributed by atoms with Crippen LogP contribution in [0.5, 0.6) is 17.2 Å². The standard InChI is InChI=1S/C20H21NO6/c1-13(27-20(23)14(2)26-16-6-4-3-5-7-16)19(22)21-11-15-8-9-17-18(10-15)25-12-24-17/h3-10,13-14H,11-12H2,1-2H3,(H,21,22)/t13-,14-/m1/s1. The smallest absolute Gasteiger partial charge is 0.347 e. The van der Waals surface area contributed by atoms with Crippen LogP contribution in [0.2, 0.25) is 0 Å². The van der Waals surface area contributed by atoms with E-state index >= 15 is 0 Å². The molecule has 1 N–H and O–H groups in total. The fourth-order valence-corrected chi connectivity index (χ4v) is 2.46. The van der Waals surface area contributed by atoms with Crippen LogP contribution in [-0.2, 0) is 20.9 Å². The number of hydrogen-bond acceptors (Lipinski definition) is 6. The molecule has 1 aliphatic rings. The van der Waals surface area contributed by atoms with Gasteiger partial charge in [0.2, 0.25) is 6.79 Å². The lowest BCUT2D eigenvalue weighted by molar-refractivity contribution is -0.160. The van der Waals surface area contributed by atoms with E-state index in [1.165, 1.54) is 6.92 Å². The first-order chi connectivity index (χ1) is 13.0. The predicted octanol–water partition coefficient (Wildman–Crippen LogP) is 2.43. The molecule has 142 valence electrons. The third kappa shape index (κ3) is 4.91. The van der Waals surface area contributed by atoms with E-state index in [0.717, 1.165) is 5.56 Å². The molecule has 1 heterocycles. The zero-order valence-electron chi connectivity index (χ0n) is 15.1. The Kier molecular flexibility index (Phi) is 5.80. The number of nitrogens with one attached hydrogen (secondary N) is 1. The molecule has 7 nitrogen and oxygen atoms in total. The van der Waals surface area contributed by atoms with Crippen molar-refractivity contribution < 1.29 is 28.5 Å². The molecule has 27 heavy (non-hydrogen) atoms. The molecule has 0 aromatic heterocycles. The number of fused-ring (bicyclic) bond motifs is 1. The van der Waals surface area contributed by atoms with Crippen molar-refractivity contribution in [2.75, 3.05) is 6.79 Å². The molecule has 0 saturated heterocycles. The lowest BCUT2D eigenvalue weighted by Crippen LogP contribution is -2.38. The Hall–Kier alpha value is -3.22. The summed E-state index contributed by atoms with van der Waals surface area (Å²) in [6.45, 7) is 3.57. The van der Waals surface area contributed by atoms with Crippen molar-refractivity contribution in [3.8, 4) is 17.2 Å². The van der Waals surface area contributed by atoms with Gasteiger partial charge in [-0.15, -0.1) is 0 Å². The summed E-state index contributed by atoms with van der Waals surface area (Å²) >= 11 is 0. The molecule has 0 aliphatic carbocycles. The van der Waals surface area contributed by atoms with Crippen LogP contribution in [0.15, 0.2) is 48.5 Å². The van der Waals surface area contributed by atoms with E-state index in [0.29, 0.717) is 17.2 Å². The summed E-state index contributed by atoms with van der Waals surface area (Å²) in [4.78, 5) is 24.3. The third-order valence-electron chi connectivity index (χ3n) is 3.95. The highest BCUT2D eigenvalue weighted by atomic mass is 16.7. The van der Waals surface area contributed by atoms with Gasteiger partial charge in [0.25, 0.3) is 5.91 Å². The highest BCUT2D eigenvalue weighted by Gasteiger charge is 2.23. The molecular weight excluding hydrogens is 350 g/mol. The van der Waals surface area contributed by atoms with Crippen LogP contribution in [-0.4, -0.2) is 30.9 Å². The largest absolute Gasteiger partial charge is 0.479 e. The Morgan fingerprint density at radius 1 is 1.04 bits per heavy atom. The number of para-hydroxylation sites is 1. The Morgan fingerprint density at radius 3 is 2.56 bits per heavy atom. The molecule has 2 aromatic rings. The van der Waals surface area contributed by atoms with Gasteiger partial charge >= 0.3 is 5.97 Å². The summed E-state index contributed by atoms with van der Waals surface area (Å²) in [5.74, 6) is 0.882. The molecule has 0 radical (unpaired) electrons. The lowest BCUT2D eigenvalue weighted by Gasteiger charge is -2.17. The first-order valence-corrected chi connectivity index (χ1v) is 8.61. The zero-order chi connectivity index (χ0) is 19.2. The molecule has 2 atom stereocenters. The van der Waals surface area contributed by atoms with E-state index in [2.05, 4.69) is 5.32 Å². The van der Waals surface area contributed by atoms with Gasteiger partial charge in [0.05, 0.1) is 0 Å². The maximum atomic E-state index is 12.2. The molecule has 2 aromatic carbocycles. The van der Waals surface area contributed by atoms with Crippen LogP contribution in [0.4, 0.5) is 0 Å². The van der Waals surface area contributed by atoms with Crippen molar-refractivity contribution in [3.05, 3.63) is 54.1 Å². The molecule has 0 unspecified atom stereocenters. The highest BCUT2D eigenvalue weighted by molar-refractivity contribution is 5.84. The van der Waals surface area contributed by atoms with E-state index in [4.69, 9.17) is 18.9 Å². The van der Waals surface area contributed by atoms with E-state index in [1.54, 1.807) is 43.3 Å². The molecule has 0 spiro atoms. The van der Waals surface area contributed by atoms with Gasteiger partial charge in [-0.2, -0.15) is 0 Å². The van der Waals surface area contributed by atoms with E-state index < -0.39 is 24.1 Å². The van der Waals surface area contributed by atoms with Crippen molar-refractivity contribution in [3.63, 3.8) is 0 Å². The van der Waals surface area contributed by atoms with Crippen molar-refractivity contribution in [1.29, 1.82) is 0 Å². The molecule has 0 bridgehead atoms. The monoisotopic (exact) mass is 371 g/mol. The van der Waals surface area contributed by atoms with Gasteiger partial charge in [-0.05, 0) is 43.7 Å². The van der Waals surface area contributed by atoms with Gasteiger partial charge in [-0.3, -0.25) is 4.79 Å². The Balaban J connectivity index is 1.46. The SMILES string of the molecule is C[C@@H](OC(=O)[C@@H](C)Oc1ccccc1)C(=O)NCc1ccc2c(c1)OCO2. The topological polar surface area (TPSA) is 83.1 Å². The molecule has 7 heteroatoms. The number of hydrogen-bond donors (Lipinski definition) is 1. The van der Waals surface area contributed by atoms with Gasteiger partial charge in [-0.25, -0.2) is 4.79 Å². The number of carbonyl (C=O) groups excluding carboxylic acids is 2. The van der Waals surface area contributed by atoms with E-state index in [-0.39, 0.29) is 13.3 Å². The Morgan fingerprint density at radius 2 is 1.78 bits per heavy atom. The quantitative estimate of drug-likeness (QED) is 0.753. The number of esters is 1. The second-order valence-electron chi connectivity index (χ2n) is 6.06. The average molecular weight is 371 g/mol. The molecule has 1 amide bonds. The minimum absolute atomic E-state index is 0.196. The number of rotatable bonds is 7. The van der Waals surface area contributed by atoms with Crippen LogP contribution in [0.1, 0.15) is 19.4 Å². The second-order valence-corrected chi connectivity index (χ2v) is 6.06. The summed E-state index contributed by atoms with van der Waals surface area (Å²) < 4.78 is 21.2. The normalized spacial score (nSPS) is 14.1. The minimum atomic E-state index is -0.937. The summed E-state index contributed by atoms with van der Waals surface area (Å²) in [5.41, 5.74) is 0.854. The lowest BCUT2D eigenvalue weighted by atomic mass is 10.2. The van der Waals surface area contributed by atoms with E-state index in [9.17, 15) is 9.59 Å². The summed E-state index contributed by atoms with van der Waals surface area (Å²) in [7, 11) is 0. The molecule has 0 saturated carbocycles. The molecule has 3 rings (SSSR count). The fraction of sp³-hybridized carbons (Fsp3) is 0.300. The number of ether oxygens (including phenoxy) is 4. The van der Waals surface area contributed by atoms with Crippen LogP contribution >= 0.6 is 0 Å². The van der Waals surface area contributed by atoms with Crippen LogP contribution in [0.3, 0.4) is 0 Å². The molecule has 0 fully saturated rings. The molecular formula is C20H21NO6. The first kappa shape index (κ1) is 18.6. The Bertz CT molecular complexity index is 807. The summed E-state index contributed by atoms with van der Waals surface area (Å²) in [5, 5.41) is 2.73. The molecule has 1 aliphatic heterocycles. The number of amides is 1. The summed E-state index contributed by atoms with van der Waals surface area (Å²) in [6, 6.07) is 14.4. The minimum Gasteiger partial charge on any atom is -0.479 e. The van der Waals surface area contributed by atoms with Gasteiger partial charge in [0, 0.05) is 6.54 Å². The maximum Gasteiger partial charge on any atom is 0.347 e. The third-order valence-corrected chi connectivity index (χ3v) is 3.95. The van der Waals surface area contributed by atoms with Gasteiger partial charge in [-0.1, -0.05) is 24.3 Å². The summed E-state index contributed by atoms with van der Waals surface area (Å²) in [6.07, 6.45) is -1.76. The van der Waals surface area contributed by atoms with Crippen molar-refractivity contribution in [2.24, 2.45) is 0 Å². The average Bonchev–Trinajstić information content (AvgIpc) is 3.14. The number of carbonyl (C=O) groups is 2. The Labute approximate surface area is 157 Å². The van der Waals surface area contributed by atoms with Gasteiger partial charge < -0.3 is 24.3 Å². The fourth-order valence-electron chi connectivity index (χ4n) is 2.46. The van der Waals surface area contributed by atoms with Gasteiger partial charge in [0.15, 0.2) is 23.7 Å². The van der Waals surface area contributed by atoms with Crippen LogP contribution < -0.4 is 19.5 Å². The maximum absolute atomic E-state index is 12.2. The van der Waals surface area contributed by atoms with Crippen molar-refractivity contribution >= 4 is 11.9 Å². The second kappa shape index (κ2) is 8.44. The van der Waals surface area contributed by atoms with Crippen LogP contribution in [0, 0.1) is 0 Å². The highest BCUT2D eigenvalue weighted by Crippen LogP contribution is 2.32. The predicted molar refractivity (Wildman–Crippen MR) is 96.5 cm³/mol. The first-order valence-electron chi connectivity index (χ1n) is 8.61. The van der Waals surface area contributed by atoms with Gasteiger partial charge in [0.1, 0.15) is 5.75 Å². The zero-order valence-corrected chi connectivity index (χ0v) is 15.1.